The van der Waals surface area contributed by atoms with Crippen molar-refractivity contribution < 1.29 is 19.1 Å². The molecule has 0 aliphatic carbocycles. The second-order valence-electron chi connectivity index (χ2n) is 6.82. The van der Waals surface area contributed by atoms with Gasteiger partial charge in [-0.3, -0.25) is 14.4 Å². The second-order valence-corrected chi connectivity index (χ2v) is 6.82. The van der Waals surface area contributed by atoms with E-state index in [0.29, 0.717) is 44.9 Å². The maximum absolute atomic E-state index is 12.5. The summed E-state index contributed by atoms with van der Waals surface area (Å²) in [7, 11) is 0. The van der Waals surface area contributed by atoms with Crippen molar-refractivity contribution in [1.82, 2.24) is 15.1 Å². The van der Waals surface area contributed by atoms with Gasteiger partial charge in [0.05, 0.1) is 13.0 Å². The van der Waals surface area contributed by atoms with Crippen molar-refractivity contribution in [3.8, 4) is 5.75 Å². The lowest BCUT2D eigenvalue weighted by Crippen LogP contribution is -2.48. The Kier molecular flexibility index (Phi) is 7.22. The highest BCUT2D eigenvalue weighted by Gasteiger charge is 2.21. The van der Waals surface area contributed by atoms with E-state index in [-0.39, 0.29) is 18.2 Å². The molecular formula is C22H25N3O4. The number of benzene rings is 2. The van der Waals surface area contributed by atoms with Crippen LogP contribution in [0.3, 0.4) is 0 Å². The number of piperazine rings is 1. The molecule has 0 saturated carbocycles. The molecule has 1 aliphatic rings. The zero-order valence-corrected chi connectivity index (χ0v) is 16.3. The average molecular weight is 395 g/mol. The van der Waals surface area contributed by atoms with E-state index in [1.54, 1.807) is 21.9 Å². The molecule has 0 spiro atoms. The van der Waals surface area contributed by atoms with Crippen molar-refractivity contribution in [3.05, 3.63) is 65.7 Å². The van der Waals surface area contributed by atoms with E-state index in [4.69, 9.17) is 4.74 Å². The maximum atomic E-state index is 12.5. The number of carbonyl (C=O) groups excluding carboxylic acids is 3. The fourth-order valence-electron chi connectivity index (χ4n) is 3.05. The van der Waals surface area contributed by atoms with Gasteiger partial charge in [-0.2, -0.15) is 0 Å². The Labute approximate surface area is 170 Å². The summed E-state index contributed by atoms with van der Waals surface area (Å²) >= 11 is 0. The summed E-state index contributed by atoms with van der Waals surface area (Å²) in [4.78, 5) is 38.7. The molecule has 0 unspecified atom stereocenters. The van der Waals surface area contributed by atoms with Crippen LogP contribution in [0.1, 0.15) is 22.3 Å². The molecule has 1 aliphatic heterocycles. The Morgan fingerprint density at radius 3 is 2.31 bits per heavy atom. The highest BCUT2D eigenvalue weighted by molar-refractivity contribution is 5.94. The second kappa shape index (κ2) is 10.3. The van der Waals surface area contributed by atoms with E-state index in [0.717, 1.165) is 17.7 Å². The van der Waals surface area contributed by atoms with Gasteiger partial charge in [-0.15, -0.1) is 0 Å². The van der Waals surface area contributed by atoms with Crippen molar-refractivity contribution in [2.24, 2.45) is 0 Å². The molecule has 1 N–H and O–H groups in total. The normalized spacial score (nSPS) is 13.7. The molecule has 3 rings (SSSR count). The Morgan fingerprint density at radius 2 is 1.66 bits per heavy atom. The fraction of sp³-hybridized carbons (Fsp3) is 0.318. The number of para-hydroxylation sites is 1. The SMILES string of the molecule is O=CN1CCN(C(=O)c2ccc(CNC(=O)CCOc3ccccc3)cc2)CC1. The van der Waals surface area contributed by atoms with Crippen molar-refractivity contribution in [2.75, 3.05) is 32.8 Å². The van der Waals surface area contributed by atoms with Crippen LogP contribution in [0.4, 0.5) is 0 Å². The summed E-state index contributed by atoms with van der Waals surface area (Å²) in [6.07, 6.45) is 1.09. The number of ether oxygens (including phenoxy) is 1. The predicted molar refractivity (Wildman–Crippen MR) is 108 cm³/mol. The zero-order valence-electron chi connectivity index (χ0n) is 16.3. The molecule has 3 amide bonds. The van der Waals surface area contributed by atoms with Crippen LogP contribution >= 0.6 is 0 Å². The van der Waals surface area contributed by atoms with E-state index in [2.05, 4.69) is 5.32 Å². The molecule has 152 valence electrons. The van der Waals surface area contributed by atoms with Gasteiger partial charge in [-0.1, -0.05) is 30.3 Å². The lowest BCUT2D eigenvalue weighted by Gasteiger charge is -2.32. The standard InChI is InChI=1S/C22H25N3O4/c26-17-24-11-13-25(14-12-24)22(28)19-8-6-18(7-9-19)16-23-21(27)10-15-29-20-4-2-1-3-5-20/h1-9,17H,10-16H2,(H,23,27). The van der Waals surface area contributed by atoms with Crippen LogP contribution in [0.5, 0.6) is 5.75 Å². The van der Waals surface area contributed by atoms with Gasteiger partial charge in [-0.05, 0) is 29.8 Å². The first kappa shape index (κ1) is 20.4. The summed E-state index contributed by atoms with van der Waals surface area (Å²) in [6, 6.07) is 16.6. The minimum atomic E-state index is -0.0888. The zero-order chi connectivity index (χ0) is 20.5. The lowest BCUT2D eigenvalue weighted by atomic mass is 10.1. The molecule has 0 aromatic heterocycles. The van der Waals surface area contributed by atoms with Crippen molar-refractivity contribution >= 4 is 18.2 Å². The third kappa shape index (κ3) is 6.07. The number of rotatable bonds is 8. The molecule has 2 aromatic carbocycles. The number of hydrogen-bond donors (Lipinski definition) is 1. The van der Waals surface area contributed by atoms with Gasteiger partial charge in [-0.25, -0.2) is 0 Å². The molecule has 0 atom stereocenters. The van der Waals surface area contributed by atoms with Crippen molar-refractivity contribution in [2.45, 2.75) is 13.0 Å². The van der Waals surface area contributed by atoms with Crippen LogP contribution in [-0.4, -0.2) is 60.8 Å². The third-order valence-electron chi connectivity index (χ3n) is 4.78. The van der Waals surface area contributed by atoms with Gasteiger partial charge in [0.1, 0.15) is 5.75 Å². The minimum Gasteiger partial charge on any atom is -0.493 e. The van der Waals surface area contributed by atoms with E-state index in [9.17, 15) is 14.4 Å². The summed E-state index contributed by atoms with van der Waals surface area (Å²) in [6.45, 7) is 2.93. The van der Waals surface area contributed by atoms with Gasteiger partial charge in [0.2, 0.25) is 12.3 Å². The topological polar surface area (TPSA) is 79.0 Å². The molecule has 1 heterocycles. The smallest absolute Gasteiger partial charge is 0.253 e. The molecule has 7 nitrogen and oxygen atoms in total. The van der Waals surface area contributed by atoms with Crippen LogP contribution in [0, 0.1) is 0 Å². The van der Waals surface area contributed by atoms with E-state index >= 15 is 0 Å². The van der Waals surface area contributed by atoms with Gasteiger partial charge >= 0.3 is 0 Å². The third-order valence-corrected chi connectivity index (χ3v) is 4.78. The number of nitrogens with zero attached hydrogens (tertiary/aromatic N) is 2. The molecule has 7 heteroatoms. The van der Waals surface area contributed by atoms with E-state index in [1.165, 1.54) is 0 Å². The van der Waals surface area contributed by atoms with Gasteiger partial charge in [0, 0.05) is 38.3 Å². The molecule has 1 fully saturated rings. The highest BCUT2D eigenvalue weighted by atomic mass is 16.5. The van der Waals surface area contributed by atoms with Crippen molar-refractivity contribution in [1.29, 1.82) is 0 Å². The van der Waals surface area contributed by atoms with Gasteiger partial charge < -0.3 is 19.9 Å². The molecule has 0 radical (unpaired) electrons. The monoisotopic (exact) mass is 395 g/mol. The number of carbonyl (C=O) groups is 3. The largest absolute Gasteiger partial charge is 0.493 e. The van der Waals surface area contributed by atoms with Gasteiger partial charge in [0.25, 0.3) is 5.91 Å². The van der Waals surface area contributed by atoms with Crippen LogP contribution in [-0.2, 0) is 16.1 Å². The van der Waals surface area contributed by atoms with E-state index in [1.807, 2.05) is 42.5 Å². The van der Waals surface area contributed by atoms with Crippen molar-refractivity contribution in [3.63, 3.8) is 0 Å². The van der Waals surface area contributed by atoms with E-state index < -0.39 is 0 Å². The van der Waals surface area contributed by atoms with Crippen LogP contribution in [0.15, 0.2) is 54.6 Å². The molecule has 29 heavy (non-hydrogen) atoms. The number of hydrogen-bond acceptors (Lipinski definition) is 4. The summed E-state index contributed by atoms with van der Waals surface area (Å²) in [5, 5.41) is 2.86. The Morgan fingerprint density at radius 1 is 0.966 bits per heavy atom. The first-order chi connectivity index (χ1) is 14.2. The Bertz CT molecular complexity index is 816. The summed E-state index contributed by atoms with van der Waals surface area (Å²) in [5.41, 5.74) is 1.53. The quantitative estimate of drug-likeness (QED) is 0.690. The summed E-state index contributed by atoms with van der Waals surface area (Å²) < 4.78 is 5.52. The average Bonchev–Trinajstić information content (AvgIpc) is 2.78. The predicted octanol–water partition coefficient (Wildman–Crippen LogP) is 1.69. The summed E-state index contributed by atoms with van der Waals surface area (Å²) in [5.74, 6) is 0.617. The fourth-order valence-corrected chi connectivity index (χ4v) is 3.05. The Hall–Kier alpha value is -3.35. The number of amides is 3. The Balaban J connectivity index is 1.40. The first-order valence-corrected chi connectivity index (χ1v) is 9.68. The molecule has 2 aromatic rings. The van der Waals surface area contributed by atoms with Crippen LogP contribution in [0.2, 0.25) is 0 Å². The van der Waals surface area contributed by atoms with Crippen LogP contribution < -0.4 is 10.1 Å². The van der Waals surface area contributed by atoms with Crippen LogP contribution in [0.25, 0.3) is 0 Å². The first-order valence-electron chi connectivity index (χ1n) is 9.68. The minimum absolute atomic E-state index is 0.0378. The number of nitrogens with one attached hydrogen (secondary N) is 1. The lowest BCUT2D eigenvalue weighted by molar-refractivity contribution is -0.121. The molecular weight excluding hydrogens is 370 g/mol. The maximum Gasteiger partial charge on any atom is 0.253 e. The highest BCUT2D eigenvalue weighted by Crippen LogP contribution is 2.11. The molecule has 0 bridgehead atoms. The van der Waals surface area contributed by atoms with Gasteiger partial charge in [0.15, 0.2) is 0 Å². The molecule has 1 saturated heterocycles.